The van der Waals surface area contributed by atoms with Gasteiger partial charge in [-0.25, -0.2) is 4.98 Å². The molecule has 0 spiro atoms. The van der Waals surface area contributed by atoms with E-state index in [0.717, 1.165) is 25.5 Å². The minimum atomic E-state index is 0.0616. The highest BCUT2D eigenvalue weighted by Crippen LogP contribution is 2.35. The average molecular weight is 352 g/mol. The predicted molar refractivity (Wildman–Crippen MR) is 91.1 cm³/mol. The third kappa shape index (κ3) is 2.95. The van der Waals surface area contributed by atoms with Crippen LogP contribution in [0.4, 0.5) is 0 Å². The molecule has 4 heterocycles. The zero-order valence-corrected chi connectivity index (χ0v) is 14.6. The molecule has 3 atom stereocenters. The number of fused-ring (bicyclic) bond motifs is 2. The largest absolute Gasteiger partial charge is 0.347 e. The van der Waals surface area contributed by atoms with E-state index in [-0.39, 0.29) is 5.91 Å². The maximum absolute atomic E-state index is 12.4. The van der Waals surface area contributed by atoms with Gasteiger partial charge in [-0.05, 0) is 50.1 Å². The van der Waals surface area contributed by atoms with Gasteiger partial charge in [0.05, 0.1) is 9.09 Å². The molecule has 22 heavy (non-hydrogen) atoms. The highest BCUT2D eigenvalue weighted by molar-refractivity contribution is 8.02. The highest BCUT2D eigenvalue weighted by atomic mass is 32.2. The maximum atomic E-state index is 12.4. The summed E-state index contributed by atoms with van der Waals surface area (Å²) in [5.41, 5.74) is 1.05. The fourth-order valence-electron chi connectivity index (χ4n) is 3.19. The Bertz CT molecular complexity index is 696. The van der Waals surface area contributed by atoms with Crippen molar-refractivity contribution in [3.63, 3.8) is 0 Å². The van der Waals surface area contributed by atoms with Crippen LogP contribution in [0, 0.1) is 6.92 Å². The first-order chi connectivity index (χ1) is 10.7. The monoisotopic (exact) mass is 351 g/mol. The Labute approximate surface area is 141 Å². The first-order valence-electron chi connectivity index (χ1n) is 7.44. The molecule has 2 aliphatic rings. The van der Waals surface area contributed by atoms with Gasteiger partial charge in [0, 0.05) is 29.2 Å². The third-order valence-corrected chi connectivity index (χ3v) is 7.48. The molecule has 0 saturated carbocycles. The number of aryl methyl sites for hydroxylation is 1. The van der Waals surface area contributed by atoms with E-state index in [2.05, 4.69) is 15.6 Å². The van der Waals surface area contributed by atoms with Gasteiger partial charge < -0.3 is 10.6 Å². The fourth-order valence-corrected chi connectivity index (χ4v) is 6.28. The molecule has 2 N–H and O–H groups in total. The van der Waals surface area contributed by atoms with Crippen LogP contribution in [0.25, 0.3) is 0 Å². The Kier molecular flexibility index (Phi) is 3.98. The molecule has 0 aromatic carbocycles. The Morgan fingerprint density at radius 2 is 2.36 bits per heavy atom. The van der Waals surface area contributed by atoms with Crippen LogP contribution in [0.2, 0.25) is 0 Å². The number of aromatic nitrogens is 1. The molecule has 4 rings (SSSR count). The van der Waals surface area contributed by atoms with E-state index in [0.29, 0.717) is 18.1 Å². The smallest absolute Gasteiger partial charge is 0.261 e. The molecule has 0 radical (unpaired) electrons. The van der Waals surface area contributed by atoms with Gasteiger partial charge in [-0.1, -0.05) is 0 Å². The second-order valence-electron chi connectivity index (χ2n) is 5.84. The minimum Gasteiger partial charge on any atom is -0.347 e. The van der Waals surface area contributed by atoms with E-state index in [1.165, 1.54) is 12.8 Å². The van der Waals surface area contributed by atoms with Crippen molar-refractivity contribution in [2.45, 2.75) is 52.9 Å². The molecule has 7 heteroatoms. The number of carbonyl (C=O) groups excluding carboxylic acids is 1. The molecule has 2 aromatic heterocycles. The van der Waals surface area contributed by atoms with Gasteiger partial charge in [-0.2, -0.15) is 0 Å². The number of rotatable bonds is 4. The standard InChI is InChI=1S/C15H17N3OS3/c1-8-7-20-15(16-8)22-13-5-4-12(21-13)14(19)18-11-6-9-2-3-10(11)17-9/h4-5,7,9-11,17H,2-3,6H2,1H3,(H,18,19). The van der Waals surface area contributed by atoms with Gasteiger partial charge in [0.25, 0.3) is 5.91 Å². The van der Waals surface area contributed by atoms with Crippen molar-refractivity contribution in [3.8, 4) is 0 Å². The molecule has 2 aliphatic heterocycles. The summed E-state index contributed by atoms with van der Waals surface area (Å²) in [6, 6.07) is 5.31. The van der Waals surface area contributed by atoms with Crippen LogP contribution in [0.1, 0.15) is 34.6 Å². The summed E-state index contributed by atoms with van der Waals surface area (Å²) in [5.74, 6) is 0.0616. The second kappa shape index (κ2) is 5.96. The molecule has 1 amide bonds. The van der Waals surface area contributed by atoms with Crippen molar-refractivity contribution in [3.05, 3.63) is 28.1 Å². The Balaban J connectivity index is 1.39. The van der Waals surface area contributed by atoms with E-state index in [9.17, 15) is 4.79 Å². The molecular weight excluding hydrogens is 334 g/mol. The van der Waals surface area contributed by atoms with Gasteiger partial charge >= 0.3 is 0 Å². The topological polar surface area (TPSA) is 54.0 Å². The first kappa shape index (κ1) is 14.7. The Morgan fingerprint density at radius 1 is 1.45 bits per heavy atom. The number of carbonyl (C=O) groups is 1. The van der Waals surface area contributed by atoms with Gasteiger partial charge in [-0.15, -0.1) is 22.7 Å². The maximum Gasteiger partial charge on any atom is 0.261 e. The average Bonchev–Trinajstić information content (AvgIpc) is 3.24. The molecule has 2 aromatic rings. The summed E-state index contributed by atoms with van der Waals surface area (Å²) in [5, 5.41) is 8.79. The van der Waals surface area contributed by atoms with E-state index in [1.807, 2.05) is 24.4 Å². The van der Waals surface area contributed by atoms with Crippen LogP contribution in [0.15, 0.2) is 26.1 Å². The number of thiophene rings is 1. The lowest BCUT2D eigenvalue weighted by molar-refractivity contribution is 0.0935. The molecule has 0 aliphatic carbocycles. The quantitative estimate of drug-likeness (QED) is 0.887. The summed E-state index contributed by atoms with van der Waals surface area (Å²) >= 11 is 4.83. The van der Waals surface area contributed by atoms with E-state index in [1.54, 1.807) is 34.4 Å². The second-order valence-corrected chi connectivity index (χ2v) is 9.33. The van der Waals surface area contributed by atoms with Crippen molar-refractivity contribution in [2.75, 3.05) is 0 Å². The highest BCUT2D eigenvalue weighted by Gasteiger charge is 2.39. The van der Waals surface area contributed by atoms with Crippen molar-refractivity contribution < 1.29 is 4.79 Å². The van der Waals surface area contributed by atoms with Crippen molar-refractivity contribution in [1.29, 1.82) is 0 Å². The predicted octanol–water partition coefficient (Wildman–Crippen LogP) is 3.29. The molecule has 2 fully saturated rings. The lowest BCUT2D eigenvalue weighted by Gasteiger charge is -2.20. The number of thiazole rings is 1. The van der Waals surface area contributed by atoms with Crippen LogP contribution in [-0.2, 0) is 0 Å². The van der Waals surface area contributed by atoms with Crippen LogP contribution in [0.5, 0.6) is 0 Å². The Hall–Kier alpha value is -0.890. The van der Waals surface area contributed by atoms with Crippen LogP contribution in [-0.4, -0.2) is 29.0 Å². The molecule has 2 saturated heterocycles. The fraction of sp³-hybridized carbons (Fsp3) is 0.467. The van der Waals surface area contributed by atoms with E-state index in [4.69, 9.17) is 0 Å². The minimum absolute atomic E-state index is 0.0616. The summed E-state index contributed by atoms with van der Waals surface area (Å²) < 4.78 is 2.15. The molecule has 3 unspecified atom stereocenters. The van der Waals surface area contributed by atoms with Gasteiger partial charge in [0.15, 0.2) is 4.34 Å². The summed E-state index contributed by atoms with van der Waals surface area (Å²) in [6.45, 7) is 2.00. The third-order valence-electron chi connectivity index (χ3n) is 4.21. The number of hydrogen-bond acceptors (Lipinski definition) is 6. The van der Waals surface area contributed by atoms with E-state index < -0.39 is 0 Å². The van der Waals surface area contributed by atoms with Crippen molar-refractivity contribution in [2.24, 2.45) is 0 Å². The van der Waals surface area contributed by atoms with Crippen molar-refractivity contribution in [1.82, 2.24) is 15.6 Å². The number of hydrogen-bond donors (Lipinski definition) is 2. The van der Waals surface area contributed by atoms with Gasteiger partial charge in [-0.3, -0.25) is 4.79 Å². The van der Waals surface area contributed by atoms with E-state index >= 15 is 0 Å². The molecule has 2 bridgehead atoms. The summed E-state index contributed by atoms with van der Waals surface area (Å²) in [7, 11) is 0. The SMILES string of the molecule is Cc1csc(Sc2ccc(C(=O)NC3CC4CCC3N4)s2)n1. The van der Waals surface area contributed by atoms with Crippen LogP contribution >= 0.6 is 34.4 Å². The van der Waals surface area contributed by atoms with Gasteiger partial charge in [0.2, 0.25) is 0 Å². The van der Waals surface area contributed by atoms with Crippen LogP contribution in [0.3, 0.4) is 0 Å². The number of nitrogens with one attached hydrogen (secondary N) is 2. The van der Waals surface area contributed by atoms with Gasteiger partial charge in [0.1, 0.15) is 0 Å². The zero-order chi connectivity index (χ0) is 15.1. The lowest BCUT2D eigenvalue weighted by Crippen LogP contribution is -2.42. The molecule has 116 valence electrons. The summed E-state index contributed by atoms with van der Waals surface area (Å²) in [6.07, 6.45) is 3.51. The summed E-state index contributed by atoms with van der Waals surface area (Å²) in [4.78, 5) is 17.6. The lowest BCUT2D eigenvalue weighted by atomic mass is 9.95. The van der Waals surface area contributed by atoms with Crippen LogP contribution < -0.4 is 10.6 Å². The molecule has 4 nitrogen and oxygen atoms in total. The zero-order valence-electron chi connectivity index (χ0n) is 12.2. The number of amides is 1. The van der Waals surface area contributed by atoms with Crippen molar-refractivity contribution >= 4 is 40.3 Å². The number of nitrogens with zero attached hydrogens (tertiary/aromatic N) is 1. The Morgan fingerprint density at radius 3 is 3.05 bits per heavy atom. The normalized spacial score (nSPS) is 26.5. The first-order valence-corrected chi connectivity index (χ1v) is 9.95. The molecular formula is C15H17N3OS3.